The van der Waals surface area contributed by atoms with Crippen molar-refractivity contribution in [1.82, 2.24) is 9.80 Å². The molecule has 4 atom stereocenters. The van der Waals surface area contributed by atoms with E-state index in [2.05, 4.69) is 9.80 Å². The van der Waals surface area contributed by atoms with Gasteiger partial charge >= 0.3 is 0 Å². The van der Waals surface area contributed by atoms with Gasteiger partial charge in [-0.05, 0) is 100 Å². The van der Waals surface area contributed by atoms with Crippen LogP contribution in [0.15, 0.2) is 48.5 Å². The summed E-state index contributed by atoms with van der Waals surface area (Å²) in [4.78, 5) is 4.95. The molecule has 2 aromatic rings. The topological polar surface area (TPSA) is 46.9 Å². The highest BCUT2D eigenvalue weighted by molar-refractivity contribution is 5.20. The van der Waals surface area contributed by atoms with E-state index in [9.17, 15) is 19.0 Å². The molecule has 2 aromatic carbocycles. The molecule has 38 heavy (non-hydrogen) atoms. The molecule has 2 aliphatic rings. The normalized spacial score (nSPS) is 21.3. The molecule has 2 aliphatic heterocycles. The highest BCUT2D eigenvalue weighted by Gasteiger charge is 2.29. The number of likely N-dealkylation sites (tertiary alicyclic amines) is 2. The van der Waals surface area contributed by atoms with Gasteiger partial charge in [-0.1, -0.05) is 49.9 Å². The molecule has 0 amide bonds. The van der Waals surface area contributed by atoms with Crippen LogP contribution in [0.1, 0.15) is 87.5 Å². The van der Waals surface area contributed by atoms with Crippen LogP contribution < -0.4 is 0 Å². The van der Waals surface area contributed by atoms with Crippen LogP contribution >= 0.6 is 0 Å². The highest BCUT2D eigenvalue weighted by atomic mass is 19.1. The van der Waals surface area contributed by atoms with Crippen molar-refractivity contribution in [2.75, 3.05) is 39.3 Å². The minimum Gasteiger partial charge on any atom is -0.388 e. The Hall–Kier alpha value is -1.86. The smallest absolute Gasteiger partial charge is 0.123 e. The van der Waals surface area contributed by atoms with Gasteiger partial charge in [-0.25, -0.2) is 8.78 Å². The fourth-order valence-electron chi connectivity index (χ4n) is 6.29. The Bertz CT molecular complexity index is 846. The lowest BCUT2D eigenvalue weighted by Crippen LogP contribution is -2.36. The van der Waals surface area contributed by atoms with E-state index in [1.165, 1.54) is 75.6 Å². The van der Waals surface area contributed by atoms with Gasteiger partial charge in [-0.2, -0.15) is 0 Å². The van der Waals surface area contributed by atoms with Crippen molar-refractivity contribution in [1.29, 1.82) is 0 Å². The first-order valence-electron chi connectivity index (χ1n) is 14.8. The van der Waals surface area contributed by atoms with Gasteiger partial charge in [0.1, 0.15) is 11.6 Å². The molecular formula is C32H46F2N2O2. The molecule has 2 N–H and O–H groups in total. The van der Waals surface area contributed by atoms with Crippen LogP contribution in [-0.2, 0) is 0 Å². The molecule has 0 saturated carbocycles. The van der Waals surface area contributed by atoms with Crippen LogP contribution in [0.4, 0.5) is 8.78 Å². The first kappa shape index (κ1) is 29.1. The molecule has 210 valence electrons. The van der Waals surface area contributed by atoms with Crippen LogP contribution in [0.3, 0.4) is 0 Å². The standard InChI is InChI=1S/C32H46F2N2O2/c33-29-15-11-25(12-16-29)31(37)27(23-35-19-5-1-2-6-20-35)9-10-28(24-36-21-7-3-4-8-22-36)32(38)26-13-17-30(34)18-14-26/h11-18,27-28,31-32,37-38H,1-10,19-24H2. The van der Waals surface area contributed by atoms with Crippen molar-refractivity contribution < 1.29 is 19.0 Å². The first-order valence-corrected chi connectivity index (χ1v) is 14.8. The number of benzene rings is 2. The number of nitrogens with zero attached hydrogens (tertiary/aromatic N) is 2. The van der Waals surface area contributed by atoms with E-state index in [1.807, 2.05) is 0 Å². The summed E-state index contributed by atoms with van der Waals surface area (Å²) in [6, 6.07) is 12.4. The summed E-state index contributed by atoms with van der Waals surface area (Å²) in [6.45, 7) is 5.76. The van der Waals surface area contributed by atoms with Gasteiger partial charge in [-0.15, -0.1) is 0 Å². The van der Waals surface area contributed by atoms with Crippen molar-refractivity contribution in [3.8, 4) is 0 Å². The van der Waals surface area contributed by atoms with E-state index >= 15 is 0 Å². The number of aliphatic hydroxyl groups excluding tert-OH is 2. The Kier molecular flexibility index (Phi) is 11.5. The van der Waals surface area contributed by atoms with Crippen molar-refractivity contribution >= 4 is 0 Å². The molecule has 2 saturated heterocycles. The van der Waals surface area contributed by atoms with E-state index in [0.29, 0.717) is 0 Å². The maximum absolute atomic E-state index is 13.6. The van der Waals surface area contributed by atoms with Gasteiger partial charge in [0.15, 0.2) is 0 Å². The fourth-order valence-corrected chi connectivity index (χ4v) is 6.29. The van der Waals surface area contributed by atoms with E-state index in [1.54, 1.807) is 24.3 Å². The quantitative estimate of drug-likeness (QED) is 0.350. The third kappa shape index (κ3) is 8.84. The first-order chi connectivity index (χ1) is 18.5. The summed E-state index contributed by atoms with van der Waals surface area (Å²) >= 11 is 0. The Labute approximate surface area is 227 Å². The van der Waals surface area contributed by atoms with Gasteiger partial charge in [-0.3, -0.25) is 0 Å². The molecule has 6 heteroatoms. The number of hydrogen-bond acceptors (Lipinski definition) is 4. The molecule has 2 heterocycles. The second-order valence-electron chi connectivity index (χ2n) is 11.5. The summed E-state index contributed by atoms with van der Waals surface area (Å²) < 4.78 is 27.2. The zero-order valence-corrected chi connectivity index (χ0v) is 22.8. The summed E-state index contributed by atoms with van der Waals surface area (Å²) in [7, 11) is 0. The van der Waals surface area contributed by atoms with Crippen molar-refractivity contribution in [3.63, 3.8) is 0 Å². The van der Waals surface area contributed by atoms with Gasteiger partial charge in [0.05, 0.1) is 12.2 Å². The maximum Gasteiger partial charge on any atom is 0.123 e. The average Bonchev–Trinajstić information content (AvgIpc) is 3.35. The maximum atomic E-state index is 13.6. The summed E-state index contributed by atoms with van der Waals surface area (Å²) in [6.07, 6.45) is 9.86. The number of aliphatic hydroxyl groups is 2. The lowest BCUT2D eigenvalue weighted by atomic mass is 9.84. The van der Waals surface area contributed by atoms with E-state index < -0.39 is 12.2 Å². The third-order valence-corrected chi connectivity index (χ3v) is 8.61. The Morgan fingerprint density at radius 3 is 1.16 bits per heavy atom. The molecule has 4 unspecified atom stereocenters. The summed E-state index contributed by atoms with van der Waals surface area (Å²) in [5.74, 6) is -0.647. The molecule has 0 radical (unpaired) electrons. The van der Waals surface area contributed by atoms with E-state index in [0.717, 1.165) is 63.2 Å². The van der Waals surface area contributed by atoms with Gasteiger partial charge in [0.25, 0.3) is 0 Å². The molecule has 0 aromatic heterocycles. The zero-order chi connectivity index (χ0) is 26.7. The van der Waals surface area contributed by atoms with Crippen molar-refractivity contribution in [2.45, 2.75) is 76.4 Å². The van der Waals surface area contributed by atoms with Crippen LogP contribution in [-0.4, -0.2) is 59.3 Å². The number of rotatable bonds is 11. The summed E-state index contributed by atoms with van der Waals surface area (Å²) in [5.41, 5.74) is 1.49. The van der Waals surface area contributed by atoms with E-state index in [-0.39, 0.29) is 23.5 Å². The molecule has 0 aliphatic carbocycles. The minimum absolute atomic E-state index is 0.0226. The Morgan fingerprint density at radius 2 is 0.842 bits per heavy atom. The molecule has 2 fully saturated rings. The lowest BCUT2D eigenvalue weighted by Gasteiger charge is -2.33. The monoisotopic (exact) mass is 528 g/mol. The predicted molar refractivity (Wildman–Crippen MR) is 149 cm³/mol. The van der Waals surface area contributed by atoms with Crippen LogP contribution in [0, 0.1) is 23.5 Å². The minimum atomic E-state index is -0.694. The number of halogens is 2. The SMILES string of the molecule is OC(c1ccc(F)cc1)C(CCC(CN1CCCCCC1)C(O)c1ccc(F)cc1)CN1CCCCCC1. The Balaban J connectivity index is 1.51. The average molecular weight is 529 g/mol. The lowest BCUT2D eigenvalue weighted by molar-refractivity contribution is 0.0449. The van der Waals surface area contributed by atoms with Crippen LogP contribution in [0.5, 0.6) is 0 Å². The summed E-state index contributed by atoms with van der Waals surface area (Å²) in [5, 5.41) is 22.9. The molecule has 0 bridgehead atoms. The molecule has 4 nitrogen and oxygen atoms in total. The molecule has 4 rings (SSSR count). The van der Waals surface area contributed by atoms with Crippen molar-refractivity contribution in [2.24, 2.45) is 11.8 Å². The van der Waals surface area contributed by atoms with Gasteiger partial charge in [0.2, 0.25) is 0 Å². The van der Waals surface area contributed by atoms with Crippen LogP contribution in [0.2, 0.25) is 0 Å². The highest BCUT2D eigenvalue weighted by Crippen LogP contribution is 2.34. The van der Waals surface area contributed by atoms with Crippen molar-refractivity contribution in [3.05, 3.63) is 71.3 Å². The molecule has 0 spiro atoms. The second-order valence-corrected chi connectivity index (χ2v) is 11.5. The van der Waals surface area contributed by atoms with Crippen LogP contribution in [0.25, 0.3) is 0 Å². The number of hydrogen-bond donors (Lipinski definition) is 2. The predicted octanol–water partition coefficient (Wildman–Crippen LogP) is 6.50. The zero-order valence-electron chi connectivity index (χ0n) is 22.8. The second kappa shape index (κ2) is 15.1. The third-order valence-electron chi connectivity index (χ3n) is 8.61. The van der Waals surface area contributed by atoms with Gasteiger partial charge < -0.3 is 20.0 Å². The van der Waals surface area contributed by atoms with E-state index in [4.69, 9.17) is 0 Å². The fraction of sp³-hybridized carbons (Fsp3) is 0.625. The largest absolute Gasteiger partial charge is 0.388 e. The molecular weight excluding hydrogens is 482 g/mol. The Morgan fingerprint density at radius 1 is 0.526 bits per heavy atom. The van der Waals surface area contributed by atoms with Gasteiger partial charge in [0, 0.05) is 24.9 Å².